The third kappa shape index (κ3) is 1.57. The molecule has 0 spiro atoms. The van der Waals surface area contributed by atoms with Gasteiger partial charge in [-0.2, -0.15) is 4.39 Å². The van der Waals surface area contributed by atoms with E-state index in [1.165, 1.54) is 0 Å². The molecular weight excluding hydrogens is 197 g/mol. The number of ether oxygens (including phenoxy) is 1. The molecule has 0 heterocycles. The second kappa shape index (κ2) is 3.69. The molecule has 2 nitrogen and oxygen atoms in total. The molecule has 5 heteroatoms. The lowest BCUT2D eigenvalue weighted by molar-refractivity contribution is 0.101. The minimum atomic E-state index is -1.65. The Labute approximate surface area is 78.3 Å². The van der Waals surface area contributed by atoms with Gasteiger partial charge in [0.25, 0.3) is 0 Å². The van der Waals surface area contributed by atoms with Gasteiger partial charge < -0.3 is 4.74 Å². The molecule has 0 N–H and O–H groups in total. The number of hydrogen-bond acceptors (Lipinski definition) is 2. The second-order valence-corrected chi connectivity index (χ2v) is 2.62. The minimum absolute atomic E-state index is 0.316. The standard InChI is InChI=1S/C9H7F3O2/c1-4(13)5-3-6(10)7(11)8(12)9(5)14-2/h3H,1-2H3. The molecule has 0 atom stereocenters. The van der Waals surface area contributed by atoms with E-state index in [-0.39, 0.29) is 5.56 Å². The van der Waals surface area contributed by atoms with Crippen LogP contribution in [-0.4, -0.2) is 12.9 Å². The number of Topliss-reactive ketones (excluding diaryl/α,β-unsaturated/α-hetero) is 1. The summed E-state index contributed by atoms with van der Waals surface area (Å²) in [4.78, 5) is 10.9. The summed E-state index contributed by atoms with van der Waals surface area (Å²) in [6.07, 6.45) is 0. The van der Waals surface area contributed by atoms with Crippen molar-refractivity contribution in [3.63, 3.8) is 0 Å². The summed E-state index contributed by atoms with van der Waals surface area (Å²) in [5.74, 6) is -5.71. The maximum absolute atomic E-state index is 13.0. The quantitative estimate of drug-likeness (QED) is 0.545. The van der Waals surface area contributed by atoms with Crippen molar-refractivity contribution in [1.29, 1.82) is 0 Å². The highest BCUT2D eigenvalue weighted by Gasteiger charge is 2.21. The highest BCUT2D eigenvalue weighted by atomic mass is 19.2. The zero-order valence-corrected chi connectivity index (χ0v) is 7.53. The van der Waals surface area contributed by atoms with Gasteiger partial charge in [0.05, 0.1) is 12.7 Å². The molecule has 1 rings (SSSR count). The topological polar surface area (TPSA) is 26.3 Å². The van der Waals surface area contributed by atoms with E-state index in [2.05, 4.69) is 4.74 Å². The molecular formula is C9H7F3O2. The van der Waals surface area contributed by atoms with Gasteiger partial charge in [-0.3, -0.25) is 4.79 Å². The lowest BCUT2D eigenvalue weighted by Crippen LogP contribution is -2.04. The summed E-state index contributed by atoms with van der Waals surface area (Å²) in [6, 6.07) is 0.611. The first-order valence-electron chi connectivity index (χ1n) is 3.71. The molecule has 0 unspecified atom stereocenters. The van der Waals surface area contributed by atoms with Crippen LogP contribution in [0, 0.1) is 17.5 Å². The first kappa shape index (κ1) is 10.6. The van der Waals surface area contributed by atoms with Gasteiger partial charge in [-0.1, -0.05) is 0 Å². The molecule has 0 saturated carbocycles. The number of hydrogen-bond donors (Lipinski definition) is 0. The van der Waals surface area contributed by atoms with Crippen molar-refractivity contribution in [3.05, 3.63) is 29.1 Å². The first-order chi connectivity index (χ1) is 6.49. The Morgan fingerprint density at radius 3 is 2.29 bits per heavy atom. The van der Waals surface area contributed by atoms with Crippen molar-refractivity contribution in [1.82, 2.24) is 0 Å². The predicted octanol–water partition coefficient (Wildman–Crippen LogP) is 2.32. The molecule has 0 aromatic heterocycles. The van der Waals surface area contributed by atoms with E-state index < -0.39 is 29.0 Å². The molecule has 0 aliphatic carbocycles. The van der Waals surface area contributed by atoms with E-state index in [9.17, 15) is 18.0 Å². The number of halogens is 3. The van der Waals surface area contributed by atoms with Crippen LogP contribution in [0.15, 0.2) is 6.07 Å². The van der Waals surface area contributed by atoms with Crippen LogP contribution < -0.4 is 4.74 Å². The van der Waals surface area contributed by atoms with Gasteiger partial charge in [0, 0.05) is 0 Å². The number of carbonyl (C=O) groups excluding carboxylic acids is 1. The molecule has 1 aromatic carbocycles. The SMILES string of the molecule is COc1c(C(C)=O)cc(F)c(F)c1F. The number of carbonyl (C=O) groups is 1. The molecule has 76 valence electrons. The van der Waals surface area contributed by atoms with Gasteiger partial charge in [-0.15, -0.1) is 0 Å². The van der Waals surface area contributed by atoms with Crippen molar-refractivity contribution in [2.75, 3.05) is 7.11 Å². The summed E-state index contributed by atoms with van der Waals surface area (Å²) in [5.41, 5.74) is -0.316. The van der Waals surface area contributed by atoms with Crippen molar-refractivity contribution in [2.24, 2.45) is 0 Å². The van der Waals surface area contributed by atoms with Crippen LogP contribution in [0.5, 0.6) is 5.75 Å². The Bertz CT molecular complexity index is 388. The van der Waals surface area contributed by atoms with E-state index in [1.54, 1.807) is 0 Å². The van der Waals surface area contributed by atoms with Crippen LogP contribution >= 0.6 is 0 Å². The van der Waals surface area contributed by atoms with E-state index in [4.69, 9.17) is 0 Å². The molecule has 0 saturated heterocycles. The van der Waals surface area contributed by atoms with Gasteiger partial charge in [0.15, 0.2) is 23.2 Å². The van der Waals surface area contributed by atoms with Crippen molar-refractivity contribution < 1.29 is 22.7 Å². The summed E-state index contributed by atoms with van der Waals surface area (Å²) < 4.78 is 42.8. The number of benzene rings is 1. The summed E-state index contributed by atoms with van der Waals surface area (Å²) in [7, 11) is 1.07. The smallest absolute Gasteiger partial charge is 0.204 e. The highest BCUT2D eigenvalue weighted by molar-refractivity contribution is 5.96. The van der Waals surface area contributed by atoms with E-state index in [0.29, 0.717) is 6.07 Å². The Balaban J connectivity index is 3.51. The molecule has 0 fully saturated rings. The Kier molecular flexibility index (Phi) is 2.78. The van der Waals surface area contributed by atoms with Crippen LogP contribution in [0.1, 0.15) is 17.3 Å². The third-order valence-corrected chi connectivity index (χ3v) is 1.70. The molecule has 0 aliphatic heterocycles. The van der Waals surface area contributed by atoms with Crippen LogP contribution in [0.4, 0.5) is 13.2 Å². The number of ketones is 1. The fraction of sp³-hybridized carbons (Fsp3) is 0.222. The largest absolute Gasteiger partial charge is 0.493 e. The molecule has 0 aliphatic rings. The highest BCUT2D eigenvalue weighted by Crippen LogP contribution is 2.27. The normalized spacial score (nSPS) is 10.1. The average Bonchev–Trinajstić information content (AvgIpc) is 2.13. The Hall–Kier alpha value is -1.52. The van der Waals surface area contributed by atoms with E-state index in [0.717, 1.165) is 14.0 Å². The van der Waals surface area contributed by atoms with E-state index in [1.807, 2.05) is 0 Å². The molecule has 1 aromatic rings. The minimum Gasteiger partial charge on any atom is -0.493 e. The summed E-state index contributed by atoms with van der Waals surface area (Å²) in [6.45, 7) is 1.11. The lowest BCUT2D eigenvalue weighted by Gasteiger charge is -2.07. The van der Waals surface area contributed by atoms with Crippen molar-refractivity contribution in [2.45, 2.75) is 6.92 Å². The zero-order valence-electron chi connectivity index (χ0n) is 7.53. The van der Waals surface area contributed by atoms with Crippen molar-refractivity contribution >= 4 is 5.78 Å². The summed E-state index contributed by atoms with van der Waals surface area (Å²) in [5, 5.41) is 0. The molecule has 14 heavy (non-hydrogen) atoms. The molecule has 0 amide bonds. The Morgan fingerprint density at radius 1 is 1.29 bits per heavy atom. The molecule has 0 bridgehead atoms. The maximum atomic E-state index is 13.0. The first-order valence-corrected chi connectivity index (χ1v) is 3.71. The fourth-order valence-corrected chi connectivity index (χ4v) is 1.04. The maximum Gasteiger partial charge on any atom is 0.204 e. The number of methoxy groups -OCH3 is 1. The van der Waals surface area contributed by atoms with Crippen LogP contribution in [0.2, 0.25) is 0 Å². The predicted molar refractivity (Wildman–Crippen MR) is 42.9 cm³/mol. The molecule has 0 radical (unpaired) electrons. The zero-order chi connectivity index (χ0) is 10.9. The monoisotopic (exact) mass is 204 g/mol. The van der Waals surface area contributed by atoms with Crippen LogP contribution in [-0.2, 0) is 0 Å². The van der Waals surface area contributed by atoms with Gasteiger partial charge in [-0.25, -0.2) is 8.78 Å². The third-order valence-electron chi connectivity index (χ3n) is 1.70. The summed E-state index contributed by atoms with van der Waals surface area (Å²) >= 11 is 0. The van der Waals surface area contributed by atoms with Gasteiger partial charge in [0.2, 0.25) is 5.82 Å². The van der Waals surface area contributed by atoms with Crippen LogP contribution in [0.25, 0.3) is 0 Å². The Morgan fingerprint density at radius 2 is 1.86 bits per heavy atom. The van der Waals surface area contributed by atoms with Crippen molar-refractivity contribution in [3.8, 4) is 5.75 Å². The van der Waals surface area contributed by atoms with E-state index >= 15 is 0 Å². The lowest BCUT2D eigenvalue weighted by atomic mass is 10.1. The van der Waals surface area contributed by atoms with Gasteiger partial charge in [-0.05, 0) is 13.0 Å². The van der Waals surface area contributed by atoms with Crippen LogP contribution in [0.3, 0.4) is 0 Å². The number of rotatable bonds is 2. The second-order valence-electron chi connectivity index (χ2n) is 2.62. The average molecular weight is 204 g/mol. The van der Waals surface area contributed by atoms with Gasteiger partial charge >= 0.3 is 0 Å². The fourth-order valence-electron chi connectivity index (χ4n) is 1.04. The van der Waals surface area contributed by atoms with Gasteiger partial charge in [0.1, 0.15) is 0 Å².